The third-order valence-electron chi connectivity index (χ3n) is 3.83. The molecule has 1 N–H and O–H groups in total. The van der Waals surface area contributed by atoms with Gasteiger partial charge < -0.3 is 19.5 Å². The van der Waals surface area contributed by atoms with E-state index in [4.69, 9.17) is 14.6 Å². The third-order valence-corrected chi connectivity index (χ3v) is 4.53. The minimum Gasteiger partial charge on any atom is -0.459 e. The van der Waals surface area contributed by atoms with Gasteiger partial charge in [-0.15, -0.1) is 0 Å². The van der Waals surface area contributed by atoms with Gasteiger partial charge >= 0.3 is 0 Å². The maximum absolute atomic E-state index is 12.2. The number of allylic oxidation sites excluding steroid dienone is 1. The van der Waals surface area contributed by atoms with E-state index >= 15 is 0 Å². The van der Waals surface area contributed by atoms with Crippen molar-refractivity contribution in [1.82, 2.24) is 4.90 Å². The van der Waals surface area contributed by atoms with Crippen molar-refractivity contribution in [1.29, 1.82) is 0 Å². The number of aliphatic hydroxyl groups is 1. The summed E-state index contributed by atoms with van der Waals surface area (Å²) < 4.78 is 11.5. The van der Waals surface area contributed by atoms with Crippen LogP contribution < -0.4 is 0 Å². The first-order valence-corrected chi connectivity index (χ1v) is 8.64. The molecule has 2 atom stereocenters. The fourth-order valence-electron chi connectivity index (χ4n) is 2.47. The molecule has 1 aromatic rings. The van der Waals surface area contributed by atoms with Crippen molar-refractivity contribution >= 4 is 17.2 Å². The topological polar surface area (TPSA) is 58.8 Å². The molecule has 3 heterocycles. The molecule has 0 aliphatic carbocycles. The van der Waals surface area contributed by atoms with Crippen molar-refractivity contribution in [3.8, 4) is 0 Å². The fourth-order valence-corrected chi connectivity index (χ4v) is 3.19. The maximum atomic E-state index is 12.2. The molecule has 2 aliphatic rings. The van der Waals surface area contributed by atoms with E-state index in [1.54, 1.807) is 16.2 Å². The second-order valence-corrected chi connectivity index (χ2v) is 6.35. The van der Waals surface area contributed by atoms with Gasteiger partial charge in [0.25, 0.3) is 5.91 Å². The zero-order valence-electron chi connectivity index (χ0n) is 12.4. The van der Waals surface area contributed by atoms with Crippen LogP contribution in [0.5, 0.6) is 0 Å². The quantitative estimate of drug-likeness (QED) is 0.617. The molecule has 1 amide bonds. The third kappa shape index (κ3) is 3.88. The van der Waals surface area contributed by atoms with Gasteiger partial charge in [0.05, 0.1) is 6.61 Å². The Morgan fingerprint density at radius 3 is 3.00 bits per heavy atom. The lowest BCUT2D eigenvalue weighted by Crippen LogP contribution is -2.29. The van der Waals surface area contributed by atoms with Crippen LogP contribution in [0.3, 0.4) is 0 Å². The van der Waals surface area contributed by atoms with Crippen molar-refractivity contribution in [2.75, 3.05) is 26.3 Å². The van der Waals surface area contributed by atoms with Crippen LogP contribution in [0, 0.1) is 0 Å². The Hall–Kier alpha value is -1.37. The number of rotatable bonds is 7. The first kappa shape index (κ1) is 15.5. The van der Waals surface area contributed by atoms with E-state index in [-0.39, 0.29) is 18.4 Å². The van der Waals surface area contributed by atoms with Crippen molar-refractivity contribution < 1.29 is 19.4 Å². The number of carbonyl (C=O) groups excluding carboxylic acids is 1. The van der Waals surface area contributed by atoms with Gasteiger partial charge in [-0.25, -0.2) is 0 Å². The largest absolute Gasteiger partial charge is 0.459 e. The van der Waals surface area contributed by atoms with E-state index in [2.05, 4.69) is 11.4 Å². The Kier molecular flexibility index (Phi) is 5.12. The normalized spacial score (nSPS) is 23.9. The van der Waals surface area contributed by atoms with Crippen molar-refractivity contribution in [3.63, 3.8) is 0 Å². The standard InChI is InChI=1S/C16H21NO4S/c18-6-1-2-7-20-15-10-13(12-3-8-22-11-12)9-14(21-15)16(19)17-4-5-17/h3,8-9,11,13,15,18H,1-2,4-7,10H2/t13-,15+/m0/s1. The predicted molar refractivity (Wildman–Crippen MR) is 83.5 cm³/mol. The SMILES string of the molecule is O=C(C1=C[C@H](c2ccsc2)C[C@H](OCCCCO)O1)N1CC1. The molecular weight excluding hydrogens is 302 g/mol. The molecule has 1 fully saturated rings. The number of carbonyl (C=O) groups is 1. The van der Waals surface area contributed by atoms with Crippen LogP contribution in [0.1, 0.15) is 30.7 Å². The number of aliphatic hydroxyl groups excluding tert-OH is 1. The van der Waals surface area contributed by atoms with E-state index in [0.29, 0.717) is 18.8 Å². The average Bonchev–Trinajstić information content (AvgIpc) is 3.24. The molecule has 0 unspecified atom stereocenters. The smallest absolute Gasteiger partial charge is 0.288 e. The van der Waals surface area contributed by atoms with Crippen molar-refractivity contribution in [2.45, 2.75) is 31.5 Å². The fraction of sp³-hybridized carbons (Fsp3) is 0.562. The molecule has 5 nitrogen and oxygen atoms in total. The first-order valence-electron chi connectivity index (χ1n) is 7.70. The van der Waals surface area contributed by atoms with Gasteiger partial charge in [0.2, 0.25) is 6.29 Å². The van der Waals surface area contributed by atoms with Gasteiger partial charge in [0.1, 0.15) is 0 Å². The highest BCUT2D eigenvalue weighted by atomic mass is 32.1. The summed E-state index contributed by atoms with van der Waals surface area (Å²) >= 11 is 1.65. The Morgan fingerprint density at radius 2 is 2.32 bits per heavy atom. The Labute approximate surface area is 134 Å². The lowest BCUT2D eigenvalue weighted by atomic mass is 9.95. The van der Waals surface area contributed by atoms with Crippen molar-refractivity contribution in [2.24, 2.45) is 0 Å². The van der Waals surface area contributed by atoms with E-state index in [1.165, 1.54) is 5.56 Å². The molecular formula is C16H21NO4S. The molecule has 22 heavy (non-hydrogen) atoms. The van der Waals surface area contributed by atoms with Gasteiger partial charge in [0, 0.05) is 32.0 Å². The highest BCUT2D eigenvalue weighted by molar-refractivity contribution is 7.08. The van der Waals surface area contributed by atoms with Gasteiger partial charge in [-0.2, -0.15) is 11.3 Å². The number of thiophene rings is 1. The molecule has 0 spiro atoms. The number of hydrogen-bond donors (Lipinski definition) is 1. The molecule has 0 saturated carbocycles. The molecule has 0 bridgehead atoms. The summed E-state index contributed by atoms with van der Waals surface area (Å²) in [5.41, 5.74) is 1.20. The number of ether oxygens (including phenoxy) is 2. The molecule has 0 radical (unpaired) electrons. The minimum absolute atomic E-state index is 0.0381. The second kappa shape index (κ2) is 7.26. The zero-order chi connectivity index (χ0) is 15.4. The zero-order valence-corrected chi connectivity index (χ0v) is 13.3. The van der Waals surface area contributed by atoms with Gasteiger partial charge in [0.15, 0.2) is 5.76 Å². The van der Waals surface area contributed by atoms with Gasteiger partial charge in [-0.3, -0.25) is 4.79 Å². The second-order valence-electron chi connectivity index (χ2n) is 5.57. The maximum Gasteiger partial charge on any atom is 0.288 e. The first-order chi connectivity index (χ1) is 10.8. The predicted octanol–water partition coefficient (Wildman–Crippen LogP) is 2.09. The Balaban J connectivity index is 1.66. The van der Waals surface area contributed by atoms with Crippen LogP contribution in [0.2, 0.25) is 0 Å². The summed E-state index contributed by atoms with van der Waals surface area (Å²) in [6.07, 6.45) is 3.75. The summed E-state index contributed by atoms with van der Waals surface area (Å²) in [5, 5.41) is 13.0. The van der Waals surface area contributed by atoms with Crippen LogP contribution in [-0.4, -0.2) is 48.5 Å². The minimum atomic E-state index is -0.396. The van der Waals surface area contributed by atoms with Crippen LogP contribution in [-0.2, 0) is 14.3 Å². The molecule has 0 aromatic carbocycles. The average molecular weight is 323 g/mol. The van der Waals surface area contributed by atoms with E-state index < -0.39 is 6.29 Å². The van der Waals surface area contributed by atoms with Crippen LogP contribution in [0.4, 0.5) is 0 Å². The summed E-state index contributed by atoms with van der Waals surface area (Å²) in [4.78, 5) is 14.0. The van der Waals surface area contributed by atoms with Crippen molar-refractivity contribution in [3.05, 3.63) is 34.2 Å². The van der Waals surface area contributed by atoms with Gasteiger partial charge in [-0.1, -0.05) is 0 Å². The summed E-state index contributed by atoms with van der Waals surface area (Å²) in [6.45, 7) is 2.33. The Bertz CT molecular complexity index is 524. The number of hydrogen-bond acceptors (Lipinski definition) is 5. The molecule has 1 aromatic heterocycles. The van der Waals surface area contributed by atoms with E-state index in [0.717, 1.165) is 25.9 Å². The lowest BCUT2D eigenvalue weighted by molar-refractivity contribution is -0.149. The lowest BCUT2D eigenvalue weighted by Gasteiger charge is -2.29. The highest BCUT2D eigenvalue weighted by Crippen LogP contribution is 2.33. The Morgan fingerprint density at radius 1 is 1.45 bits per heavy atom. The van der Waals surface area contributed by atoms with Crippen LogP contribution in [0.25, 0.3) is 0 Å². The van der Waals surface area contributed by atoms with E-state index in [1.807, 2.05) is 11.5 Å². The van der Waals surface area contributed by atoms with E-state index in [9.17, 15) is 4.79 Å². The van der Waals surface area contributed by atoms with Crippen LogP contribution in [0.15, 0.2) is 28.7 Å². The number of amides is 1. The van der Waals surface area contributed by atoms with Gasteiger partial charge in [-0.05, 0) is 41.3 Å². The molecule has 6 heteroatoms. The summed E-state index contributed by atoms with van der Waals surface area (Å²) in [6, 6.07) is 2.08. The molecule has 2 aliphatic heterocycles. The monoisotopic (exact) mass is 323 g/mol. The number of unbranched alkanes of at least 4 members (excludes halogenated alkanes) is 1. The molecule has 3 rings (SSSR count). The highest BCUT2D eigenvalue weighted by Gasteiger charge is 2.34. The summed E-state index contributed by atoms with van der Waals surface area (Å²) in [5.74, 6) is 0.526. The molecule has 1 saturated heterocycles. The van der Waals surface area contributed by atoms with Crippen LogP contribution >= 0.6 is 11.3 Å². The molecule has 120 valence electrons. The summed E-state index contributed by atoms with van der Waals surface area (Å²) in [7, 11) is 0. The number of nitrogens with zero attached hydrogens (tertiary/aromatic N) is 1.